The lowest BCUT2D eigenvalue weighted by Crippen LogP contribution is -2.52. The topological polar surface area (TPSA) is 38.8 Å². The maximum Gasteiger partial charge on any atom is 0.317 e. The molecule has 1 saturated heterocycles. The van der Waals surface area contributed by atoms with Gasteiger partial charge in [0.1, 0.15) is 5.82 Å². The monoisotopic (exact) mass is 294 g/mol. The van der Waals surface area contributed by atoms with Crippen LogP contribution in [0, 0.1) is 5.82 Å². The summed E-state index contributed by atoms with van der Waals surface area (Å²) in [5, 5.41) is 2.92. The average Bonchev–Trinajstić information content (AvgIpc) is 2.48. The Morgan fingerprint density at radius 3 is 2.38 bits per heavy atom. The Balaban J connectivity index is 1.77. The Hall–Kier alpha value is -1.82. The molecular weight excluding hydrogens is 271 g/mol. The summed E-state index contributed by atoms with van der Waals surface area (Å²) in [6.45, 7) is 4.40. The van der Waals surface area contributed by atoms with Crippen LogP contribution in [0.5, 0.6) is 0 Å². The Kier molecular flexibility index (Phi) is 5.38. The lowest BCUT2D eigenvalue weighted by molar-refractivity contribution is 0.193. The normalized spacial score (nSPS) is 15.4. The number of nitrogens with one attached hydrogen (secondary N) is 1. The van der Waals surface area contributed by atoms with Crippen molar-refractivity contribution < 1.29 is 9.18 Å². The molecule has 0 aromatic heterocycles. The third-order valence-electron chi connectivity index (χ3n) is 3.59. The number of anilines is 1. The highest BCUT2D eigenvalue weighted by Gasteiger charge is 2.20. The number of benzene rings is 1. The molecule has 0 saturated carbocycles. The SMILES string of the molecule is CN(C)CCNC(=O)N1CCN(c2ccc(F)cc2)CC1. The van der Waals surface area contributed by atoms with Gasteiger partial charge in [-0.15, -0.1) is 0 Å². The summed E-state index contributed by atoms with van der Waals surface area (Å²) >= 11 is 0. The number of rotatable bonds is 4. The summed E-state index contributed by atoms with van der Waals surface area (Å²) in [7, 11) is 3.96. The van der Waals surface area contributed by atoms with Crippen LogP contribution >= 0.6 is 0 Å². The molecule has 2 rings (SSSR count). The van der Waals surface area contributed by atoms with Crippen LogP contribution in [0.1, 0.15) is 0 Å². The van der Waals surface area contributed by atoms with Crippen LogP contribution in [0.3, 0.4) is 0 Å². The van der Waals surface area contributed by atoms with Gasteiger partial charge in [-0.05, 0) is 38.4 Å². The van der Waals surface area contributed by atoms with Crippen LogP contribution in [0.2, 0.25) is 0 Å². The maximum atomic E-state index is 12.9. The van der Waals surface area contributed by atoms with Crippen LogP contribution in [-0.4, -0.2) is 69.2 Å². The Morgan fingerprint density at radius 2 is 1.81 bits per heavy atom. The second kappa shape index (κ2) is 7.26. The van der Waals surface area contributed by atoms with Gasteiger partial charge in [-0.25, -0.2) is 9.18 Å². The summed E-state index contributed by atoms with van der Waals surface area (Å²) < 4.78 is 12.9. The van der Waals surface area contributed by atoms with E-state index in [1.807, 2.05) is 23.9 Å². The highest BCUT2D eigenvalue weighted by molar-refractivity contribution is 5.74. The molecule has 1 aromatic rings. The highest BCUT2D eigenvalue weighted by atomic mass is 19.1. The van der Waals surface area contributed by atoms with Crippen molar-refractivity contribution in [3.8, 4) is 0 Å². The van der Waals surface area contributed by atoms with Gasteiger partial charge in [0.2, 0.25) is 0 Å². The van der Waals surface area contributed by atoms with Gasteiger partial charge >= 0.3 is 6.03 Å². The minimum absolute atomic E-state index is 0.00407. The van der Waals surface area contributed by atoms with E-state index in [0.717, 1.165) is 25.3 Å². The van der Waals surface area contributed by atoms with Crippen LogP contribution in [0.25, 0.3) is 0 Å². The van der Waals surface area contributed by atoms with Gasteiger partial charge in [-0.1, -0.05) is 0 Å². The Labute approximate surface area is 125 Å². The summed E-state index contributed by atoms with van der Waals surface area (Å²) in [4.78, 5) is 18.0. The number of urea groups is 1. The van der Waals surface area contributed by atoms with Crippen molar-refractivity contribution in [1.29, 1.82) is 0 Å². The minimum Gasteiger partial charge on any atom is -0.368 e. The molecule has 1 aromatic carbocycles. The fourth-order valence-electron chi connectivity index (χ4n) is 2.32. The lowest BCUT2D eigenvalue weighted by atomic mass is 10.2. The van der Waals surface area contributed by atoms with Gasteiger partial charge in [-0.2, -0.15) is 0 Å². The van der Waals surface area contributed by atoms with E-state index in [1.54, 1.807) is 12.1 Å². The second-order valence-corrected chi connectivity index (χ2v) is 5.49. The van der Waals surface area contributed by atoms with Crippen molar-refractivity contribution in [2.24, 2.45) is 0 Å². The Morgan fingerprint density at radius 1 is 1.19 bits per heavy atom. The number of amides is 2. The molecule has 1 aliphatic rings. The average molecular weight is 294 g/mol. The highest BCUT2D eigenvalue weighted by Crippen LogP contribution is 2.16. The smallest absolute Gasteiger partial charge is 0.317 e. The van der Waals surface area contributed by atoms with Crippen molar-refractivity contribution in [1.82, 2.24) is 15.1 Å². The lowest BCUT2D eigenvalue weighted by Gasteiger charge is -2.36. The Bertz CT molecular complexity index is 455. The quantitative estimate of drug-likeness (QED) is 0.907. The van der Waals surface area contributed by atoms with Gasteiger partial charge < -0.3 is 20.0 Å². The third-order valence-corrected chi connectivity index (χ3v) is 3.59. The van der Waals surface area contributed by atoms with E-state index in [-0.39, 0.29) is 11.8 Å². The van der Waals surface area contributed by atoms with E-state index in [4.69, 9.17) is 0 Å². The first-order valence-electron chi connectivity index (χ1n) is 7.24. The molecule has 0 unspecified atom stereocenters. The molecule has 1 fully saturated rings. The maximum absolute atomic E-state index is 12.9. The summed E-state index contributed by atoms with van der Waals surface area (Å²) in [5.41, 5.74) is 1.00. The standard InChI is InChI=1S/C15H23FN4O/c1-18(2)8-7-17-15(21)20-11-9-19(10-12-20)14-5-3-13(16)4-6-14/h3-6H,7-12H2,1-2H3,(H,17,21). The number of nitrogens with zero attached hydrogens (tertiary/aromatic N) is 3. The van der Waals surface area contributed by atoms with E-state index in [9.17, 15) is 9.18 Å². The van der Waals surface area contributed by atoms with Gasteiger partial charge in [0.25, 0.3) is 0 Å². The van der Waals surface area contributed by atoms with Crippen molar-refractivity contribution in [2.45, 2.75) is 0 Å². The molecule has 2 amide bonds. The summed E-state index contributed by atoms with van der Waals surface area (Å²) in [6.07, 6.45) is 0. The predicted molar refractivity (Wildman–Crippen MR) is 82.1 cm³/mol. The molecule has 0 spiro atoms. The summed E-state index contributed by atoms with van der Waals surface area (Å²) in [6, 6.07) is 6.49. The molecular formula is C15H23FN4O. The molecule has 116 valence electrons. The number of hydrogen-bond acceptors (Lipinski definition) is 3. The third kappa shape index (κ3) is 4.60. The number of carbonyl (C=O) groups excluding carboxylic acids is 1. The number of halogens is 1. The van der Waals surface area contributed by atoms with E-state index >= 15 is 0 Å². The first kappa shape index (κ1) is 15.6. The minimum atomic E-state index is -0.224. The molecule has 1 aliphatic heterocycles. The molecule has 21 heavy (non-hydrogen) atoms. The first-order valence-corrected chi connectivity index (χ1v) is 7.24. The molecule has 1 N–H and O–H groups in total. The second-order valence-electron chi connectivity index (χ2n) is 5.49. The van der Waals surface area contributed by atoms with E-state index in [0.29, 0.717) is 19.6 Å². The van der Waals surface area contributed by atoms with Crippen LogP contribution < -0.4 is 10.2 Å². The van der Waals surface area contributed by atoms with Gasteiger partial charge in [0.15, 0.2) is 0 Å². The van der Waals surface area contributed by atoms with Crippen LogP contribution in [0.4, 0.5) is 14.9 Å². The molecule has 0 atom stereocenters. The van der Waals surface area contributed by atoms with Crippen molar-refractivity contribution in [3.05, 3.63) is 30.1 Å². The van der Waals surface area contributed by atoms with Gasteiger partial charge in [-0.3, -0.25) is 0 Å². The van der Waals surface area contributed by atoms with E-state index in [2.05, 4.69) is 10.2 Å². The zero-order chi connectivity index (χ0) is 15.2. The number of piperazine rings is 1. The van der Waals surface area contributed by atoms with Gasteiger partial charge in [0.05, 0.1) is 0 Å². The van der Waals surface area contributed by atoms with Crippen LogP contribution in [-0.2, 0) is 0 Å². The fraction of sp³-hybridized carbons (Fsp3) is 0.533. The van der Waals surface area contributed by atoms with E-state index in [1.165, 1.54) is 12.1 Å². The molecule has 1 heterocycles. The zero-order valence-corrected chi connectivity index (χ0v) is 12.7. The van der Waals surface area contributed by atoms with E-state index < -0.39 is 0 Å². The molecule has 6 heteroatoms. The number of hydrogen-bond donors (Lipinski definition) is 1. The fourth-order valence-corrected chi connectivity index (χ4v) is 2.32. The molecule has 0 aliphatic carbocycles. The van der Waals surface area contributed by atoms with Crippen molar-refractivity contribution >= 4 is 11.7 Å². The number of likely N-dealkylation sites (N-methyl/N-ethyl adjacent to an activating group) is 1. The molecule has 0 radical (unpaired) electrons. The zero-order valence-electron chi connectivity index (χ0n) is 12.7. The number of carbonyl (C=O) groups is 1. The summed E-state index contributed by atoms with van der Waals surface area (Å²) in [5.74, 6) is -0.224. The predicted octanol–water partition coefficient (Wildman–Crippen LogP) is 1.22. The van der Waals surface area contributed by atoms with Crippen LogP contribution in [0.15, 0.2) is 24.3 Å². The largest absolute Gasteiger partial charge is 0.368 e. The van der Waals surface area contributed by atoms with Crippen molar-refractivity contribution in [3.63, 3.8) is 0 Å². The first-order chi connectivity index (χ1) is 10.1. The van der Waals surface area contributed by atoms with Gasteiger partial charge in [0, 0.05) is 45.0 Å². The molecule has 5 nitrogen and oxygen atoms in total. The molecule has 0 bridgehead atoms. The van der Waals surface area contributed by atoms with Crippen molar-refractivity contribution in [2.75, 3.05) is 58.3 Å².